The second-order valence-corrected chi connectivity index (χ2v) is 4.08. The highest BCUT2D eigenvalue weighted by Gasteiger charge is 2.31. The molecule has 2 atom stereocenters. The van der Waals surface area contributed by atoms with E-state index in [1.807, 2.05) is 0 Å². The Morgan fingerprint density at radius 1 is 1.58 bits per heavy atom. The number of fused-ring (bicyclic) bond motifs is 1. The fourth-order valence-electron chi connectivity index (χ4n) is 2.55. The molecule has 0 nitrogen and oxygen atoms in total. The first-order valence-corrected chi connectivity index (χ1v) is 5.21. The van der Waals surface area contributed by atoms with E-state index in [0.29, 0.717) is 0 Å². The predicted octanol–water partition coefficient (Wildman–Crippen LogP) is 3.70. The zero-order valence-corrected chi connectivity index (χ0v) is 8.14. The predicted molar refractivity (Wildman–Crippen MR) is 53.0 cm³/mol. The first-order valence-electron chi connectivity index (χ1n) is 5.21. The minimum absolute atomic E-state index is 0.775. The molecule has 2 aliphatic rings. The van der Waals surface area contributed by atoms with Gasteiger partial charge in [-0.25, -0.2) is 0 Å². The summed E-state index contributed by atoms with van der Waals surface area (Å²) >= 11 is 0. The minimum Gasteiger partial charge on any atom is -0.0850 e. The highest BCUT2D eigenvalue weighted by Crippen LogP contribution is 2.45. The van der Waals surface area contributed by atoms with Crippen molar-refractivity contribution < 1.29 is 0 Å². The third kappa shape index (κ3) is 1.14. The van der Waals surface area contributed by atoms with Crippen LogP contribution in [0.4, 0.5) is 0 Å². The van der Waals surface area contributed by atoms with Gasteiger partial charge in [0.1, 0.15) is 0 Å². The normalized spacial score (nSPS) is 37.2. The third-order valence-corrected chi connectivity index (χ3v) is 3.41. The van der Waals surface area contributed by atoms with Gasteiger partial charge in [-0.15, -0.1) is 0 Å². The molecule has 2 unspecified atom stereocenters. The van der Waals surface area contributed by atoms with E-state index in [1.54, 1.807) is 11.1 Å². The van der Waals surface area contributed by atoms with E-state index in [2.05, 4.69) is 26.0 Å². The fraction of sp³-hybridized carbons (Fsp3) is 0.667. The largest absolute Gasteiger partial charge is 0.0850 e. The van der Waals surface area contributed by atoms with Crippen molar-refractivity contribution in [1.82, 2.24) is 0 Å². The van der Waals surface area contributed by atoms with Gasteiger partial charge in [-0.05, 0) is 37.5 Å². The maximum Gasteiger partial charge on any atom is -0.00186 e. The fourth-order valence-corrected chi connectivity index (χ4v) is 2.55. The molecule has 0 aromatic rings. The molecule has 0 heterocycles. The van der Waals surface area contributed by atoms with Gasteiger partial charge in [0.05, 0.1) is 0 Å². The number of allylic oxidation sites excluding steroid dienone is 4. The lowest BCUT2D eigenvalue weighted by Crippen LogP contribution is -2.24. The lowest BCUT2D eigenvalue weighted by Gasteiger charge is -2.38. The molecule has 0 aliphatic heterocycles. The summed E-state index contributed by atoms with van der Waals surface area (Å²) in [5, 5.41) is 0. The topological polar surface area (TPSA) is 0 Å². The van der Waals surface area contributed by atoms with Gasteiger partial charge in [-0.3, -0.25) is 0 Å². The van der Waals surface area contributed by atoms with Crippen LogP contribution in [-0.2, 0) is 0 Å². The molecule has 2 rings (SSSR count). The van der Waals surface area contributed by atoms with E-state index in [0.717, 1.165) is 11.8 Å². The lowest BCUT2D eigenvalue weighted by molar-refractivity contribution is 0.415. The molecule has 0 radical (unpaired) electrons. The molecule has 0 aromatic heterocycles. The Balaban J connectivity index is 2.14. The Kier molecular flexibility index (Phi) is 2.08. The van der Waals surface area contributed by atoms with E-state index >= 15 is 0 Å². The molecule has 0 heteroatoms. The Hall–Kier alpha value is -0.520. The van der Waals surface area contributed by atoms with Crippen LogP contribution in [0.25, 0.3) is 0 Å². The first-order chi connectivity index (χ1) is 5.83. The average Bonchev–Trinajstić information content (AvgIpc) is 1.98. The van der Waals surface area contributed by atoms with Crippen molar-refractivity contribution in [1.29, 1.82) is 0 Å². The van der Waals surface area contributed by atoms with E-state index in [4.69, 9.17) is 0 Å². The summed E-state index contributed by atoms with van der Waals surface area (Å²) < 4.78 is 0. The molecule has 0 amide bonds. The van der Waals surface area contributed by atoms with Crippen LogP contribution in [0, 0.1) is 11.8 Å². The molecule has 0 bridgehead atoms. The average molecular weight is 162 g/mol. The van der Waals surface area contributed by atoms with Crippen LogP contribution in [0.1, 0.15) is 39.5 Å². The smallest absolute Gasteiger partial charge is 0.00186 e. The van der Waals surface area contributed by atoms with Crippen molar-refractivity contribution in [2.45, 2.75) is 39.5 Å². The van der Waals surface area contributed by atoms with Crippen molar-refractivity contribution in [2.24, 2.45) is 11.8 Å². The van der Waals surface area contributed by atoms with Gasteiger partial charge in [-0.2, -0.15) is 0 Å². The van der Waals surface area contributed by atoms with E-state index < -0.39 is 0 Å². The van der Waals surface area contributed by atoms with Crippen LogP contribution in [0.15, 0.2) is 23.3 Å². The van der Waals surface area contributed by atoms with Gasteiger partial charge in [0, 0.05) is 0 Å². The van der Waals surface area contributed by atoms with Crippen molar-refractivity contribution in [2.75, 3.05) is 0 Å². The van der Waals surface area contributed by atoms with Gasteiger partial charge in [0.15, 0.2) is 0 Å². The summed E-state index contributed by atoms with van der Waals surface area (Å²) in [7, 11) is 0. The van der Waals surface area contributed by atoms with E-state index in [1.165, 1.54) is 25.7 Å². The standard InChI is InChI=1S/C12H18/c1-3-4-10-5-6-11-7-8-12(11)9(10)2/h4,8-9,11H,3,5-7H2,1-2H3/b10-4+. The molecule has 1 saturated carbocycles. The van der Waals surface area contributed by atoms with Gasteiger partial charge in [0.2, 0.25) is 0 Å². The summed E-state index contributed by atoms with van der Waals surface area (Å²) in [6, 6.07) is 0. The summed E-state index contributed by atoms with van der Waals surface area (Å²) in [5.74, 6) is 1.74. The van der Waals surface area contributed by atoms with E-state index in [9.17, 15) is 0 Å². The number of rotatable bonds is 1. The molecular weight excluding hydrogens is 144 g/mol. The Morgan fingerprint density at radius 2 is 2.42 bits per heavy atom. The first kappa shape index (κ1) is 8.10. The summed E-state index contributed by atoms with van der Waals surface area (Å²) in [4.78, 5) is 0. The second kappa shape index (κ2) is 3.08. The maximum absolute atomic E-state index is 2.44. The second-order valence-electron chi connectivity index (χ2n) is 4.08. The van der Waals surface area contributed by atoms with Crippen molar-refractivity contribution in [3.8, 4) is 0 Å². The van der Waals surface area contributed by atoms with E-state index in [-0.39, 0.29) is 0 Å². The van der Waals surface area contributed by atoms with Crippen molar-refractivity contribution in [3.05, 3.63) is 23.3 Å². The van der Waals surface area contributed by atoms with Gasteiger partial charge in [0.25, 0.3) is 0 Å². The zero-order valence-electron chi connectivity index (χ0n) is 8.14. The molecule has 0 N–H and O–H groups in total. The molecule has 1 fully saturated rings. The molecule has 0 spiro atoms. The highest BCUT2D eigenvalue weighted by atomic mass is 14.4. The molecule has 12 heavy (non-hydrogen) atoms. The van der Waals surface area contributed by atoms with Gasteiger partial charge in [-0.1, -0.05) is 37.1 Å². The molecular formula is C12H18. The monoisotopic (exact) mass is 162 g/mol. The summed E-state index contributed by atoms with van der Waals surface area (Å²) in [6.45, 7) is 4.61. The highest BCUT2D eigenvalue weighted by molar-refractivity contribution is 5.32. The van der Waals surface area contributed by atoms with Gasteiger partial charge < -0.3 is 0 Å². The number of hydrogen-bond donors (Lipinski definition) is 0. The zero-order chi connectivity index (χ0) is 8.55. The third-order valence-electron chi connectivity index (χ3n) is 3.41. The Morgan fingerprint density at radius 3 is 3.00 bits per heavy atom. The quantitative estimate of drug-likeness (QED) is 0.516. The van der Waals surface area contributed by atoms with Crippen LogP contribution in [0.3, 0.4) is 0 Å². The van der Waals surface area contributed by atoms with Crippen molar-refractivity contribution >= 4 is 0 Å². The summed E-state index contributed by atoms with van der Waals surface area (Å²) in [6.07, 6.45) is 10.2. The number of hydrogen-bond acceptors (Lipinski definition) is 0. The van der Waals surface area contributed by atoms with Crippen LogP contribution in [-0.4, -0.2) is 0 Å². The minimum atomic E-state index is 0.775. The lowest BCUT2D eigenvalue weighted by atomic mass is 9.67. The molecule has 2 aliphatic carbocycles. The molecule has 0 aromatic carbocycles. The molecule has 0 saturated heterocycles. The maximum atomic E-state index is 2.44. The van der Waals surface area contributed by atoms with Crippen molar-refractivity contribution in [3.63, 3.8) is 0 Å². The van der Waals surface area contributed by atoms with Gasteiger partial charge >= 0.3 is 0 Å². The Labute approximate surface area is 75.4 Å². The Bertz CT molecular complexity index is 232. The van der Waals surface area contributed by atoms with Crippen LogP contribution in [0.2, 0.25) is 0 Å². The SMILES string of the molecule is CC/C=C1\CCC2CC=C2C1C. The summed E-state index contributed by atoms with van der Waals surface area (Å²) in [5.41, 5.74) is 3.43. The van der Waals surface area contributed by atoms with Crippen LogP contribution in [0.5, 0.6) is 0 Å². The van der Waals surface area contributed by atoms with Crippen LogP contribution >= 0.6 is 0 Å². The van der Waals surface area contributed by atoms with Crippen LogP contribution < -0.4 is 0 Å². The molecule has 66 valence electrons.